The molecule has 3 aliphatic rings. The van der Waals surface area contributed by atoms with E-state index in [4.69, 9.17) is 5.11 Å². The monoisotopic (exact) mass is 182 g/mol. The number of carboxylic acids is 1. The van der Waals surface area contributed by atoms with Crippen molar-refractivity contribution in [3.63, 3.8) is 0 Å². The molecule has 0 aliphatic heterocycles. The zero-order valence-electron chi connectivity index (χ0n) is 7.44. The highest BCUT2D eigenvalue weighted by molar-refractivity contribution is 5.72. The summed E-state index contributed by atoms with van der Waals surface area (Å²) in [6.45, 7) is -0.0345. The van der Waals surface area contributed by atoms with Crippen LogP contribution in [0, 0.1) is 17.3 Å². The summed E-state index contributed by atoms with van der Waals surface area (Å²) in [6, 6.07) is 0. The Hall–Kier alpha value is -0.830. The first-order chi connectivity index (χ1) is 6.18. The average molecular weight is 182 g/mol. The molecule has 3 rings (SSSR count). The van der Waals surface area contributed by atoms with Gasteiger partial charge >= 0.3 is 5.97 Å². The summed E-state index contributed by atoms with van der Waals surface area (Å²) >= 11 is 0. The predicted molar refractivity (Wildman–Crippen MR) is 47.1 cm³/mol. The fourth-order valence-corrected chi connectivity index (χ4v) is 2.57. The molecule has 0 aromatic carbocycles. The van der Waals surface area contributed by atoms with Gasteiger partial charge in [0.15, 0.2) is 0 Å². The summed E-state index contributed by atoms with van der Waals surface area (Å²) in [4.78, 5) is 11.0. The van der Waals surface area contributed by atoms with Gasteiger partial charge < -0.3 is 10.2 Å². The first-order valence-corrected chi connectivity index (χ1v) is 4.71. The summed E-state index contributed by atoms with van der Waals surface area (Å²) in [5.74, 6) is -0.709. The molecule has 0 amide bonds. The van der Waals surface area contributed by atoms with Crippen LogP contribution in [-0.4, -0.2) is 22.8 Å². The normalized spacial score (nSPS) is 42.2. The van der Waals surface area contributed by atoms with E-state index in [1.165, 1.54) is 0 Å². The Morgan fingerprint density at radius 3 is 2.77 bits per heavy atom. The molecule has 3 unspecified atom stereocenters. The van der Waals surface area contributed by atoms with Crippen LogP contribution in [0.4, 0.5) is 0 Å². The van der Waals surface area contributed by atoms with E-state index in [2.05, 4.69) is 6.08 Å². The number of hydrogen-bond acceptors (Lipinski definition) is 2. The summed E-state index contributed by atoms with van der Waals surface area (Å²) in [5, 5.41) is 18.3. The molecule has 3 atom stereocenters. The molecule has 0 spiro atoms. The third-order valence-corrected chi connectivity index (χ3v) is 3.51. The van der Waals surface area contributed by atoms with Gasteiger partial charge in [0.25, 0.3) is 0 Å². The van der Waals surface area contributed by atoms with Gasteiger partial charge in [0, 0.05) is 5.41 Å². The minimum Gasteiger partial charge on any atom is -0.481 e. The molecule has 72 valence electrons. The second-order valence-corrected chi connectivity index (χ2v) is 4.18. The minimum absolute atomic E-state index is 0.0345. The molecule has 0 saturated heterocycles. The number of rotatable bonds is 2. The fraction of sp³-hybridized carbons (Fsp3) is 0.700. The number of aliphatic hydroxyl groups excluding tert-OH is 1. The average Bonchev–Trinajstić information content (AvgIpc) is 2.19. The molecule has 13 heavy (non-hydrogen) atoms. The quantitative estimate of drug-likeness (QED) is 0.627. The van der Waals surface area contributed by atoms with Crippen LogP contribution in [-0.2, 0) is 4.79 Å². The van der Waals surface area contributed by atoms with Gasteiger partial charge in [-0.05, 0) is 25.2 Å². The lowest BCUT2D eigenvalue weighted by molar-refractivity contribution is -0.150. The van der Waals surface area contributed by atoms with E-state index in [9.17, 15) is 9.90 Å². The molecule has 0 aromatic heterocycles. The van der Waals surface area contributed by atoms with Crippen molar-refractivity contribution in [2.45, 2.75) is 19.3 Å². The second-order valence-electron chi connectivity index (χ2n) is 4.18. The second kappa shape index (κ2) is 2.84. The van der Waals surface area contributed by atoms with Crippen LogP contribution in [0.2, 0.25) is 0 Å². The largest absolute Gasteiger partial charge is 0.481 e. The van der Waals surface area contributed by atoms with E-state index in [1.54, 1.807) is 0 Å². The minimum atomic E-state index is -0.761. The Labute approximate surface area is 77.1 Å². The number of fused-ring (bicyclic) bond motifs is 2. The van der Waals surface area contributed by atoms with Gasteiger partial charge in [-0.15, -0.1) is 0 Å². The van der Waals surface area contributed by atoms with Gasteiger partial charge in [0.1, 0.15) is 0 Å². The topological polar surface area (TPSA) is 57.5 Å². The molecule has 1 fully saturated rings. The van der Waals surface area contributed by atoms with Crippen LogP contribution < -0.4 is 0 Å². The van der Waals surface area contributed by atoms with Gasteiger partial charge in [0.2, 0.25) is 0 Å². The van der Waals surface area contributed by atoms with E-state index in [0.29, 0.717) is 12.3 Å². The zero-order valence-corrected chi connectivity index (χ0v) is 7.44. The van der Waals surface area contributed by atoms with Crippen molar-refractivity contribution in [2.24, 2.45) is 17.3 Å². The lowest BCUT2D eigenvalue weighted by atomic mass is 9.59. The van der Waals surface area contributed by atoms with Gasteiger partial charge in [-0.1, -0.05) is 12.2 Å². The maximum absolute atomic E-state index is 11.0. The maximum Gasteiger partial charge on any atom is 0.307 e. The van der Waals surface area contributed by atoms with Gasteiger partial charge in [-0.3, -0.25) is 4.79 Å². The SMILES string of the molecule is O=C(O)C1CC2C=CC1(CO)CC2. The van der Waals surface area contributed by atoms with Crippen molar-refractivity contribution >= 4 is 5.97 Å². The van der Waals surface area contributed by atoms with Crippen LogP contribution in [0.5, 0.6) is 0 Å². The van der Waals surface area contributed by atoms with Crippen LogP contribution >= 0.6 is 0 Å². The first kappa shape index (κ1) is 8.75. The molecule has 2 N–H and O–H groups in total. The molecule has 0 aromatic rings. The van der Waals surface area contributed by atoms with E-state index >= 15 is 0 Å². The van der Waals surface area contributed by atoms with Crippen LogP contribution in [0.25, 0.3) is 0 Å². The third-order valence-electron chi connectivity index (χ3n) is 3.51. The molecule has 0 heterocycles. The lowest BCUT2D eigenvalue weighted by Gasteiger charge is -2.45. The molecule has 0 radical (unpaired) electrons. The predicted octanol–water partition coefficient (Wildman–Crippen LogP) is 1.04. The highest BCUT2D eigenvalue weighted by atomic mass is 16.4. The summed E-state index contributed by atoms with van der Waals surface area (Å²) in [6.07, 6.45) is 6.54. The Morgan fingerprint density at radius 1 is 1.62 bits per heavy atom. The number of allylic oxidation sites excluding steroid dienone is 1. The number of carbonyl (C=O) groups is 1. The van der Waals surface area contributed by atoms with Crippen LogP contribution in [0.1, 0.15) is 19.3 Å². The van der Waals surface area contributed by atoms with Crippen molar-refractivity contribution in [1.82, 2.24) is 0 Å². The van der Waals surface area contributed by atoms with Gasteiger partial charge in [-0.2, -0.15) is 0 Å². The standard InChI is InChI=1S/C10H14O3/c11-6-10-3-1-7(2-4-10)5-8(10)9(12)13/h1,3,7-8,11H,2,4-6H2,(H,12,13). The number of aliphatic carboxylic acids is 1. The molecule has 3 nitrogen and oxygen atoms in total. The Bertz CT molecular complexity index is 259. The molecular formula is C10H14O3. The van der Waals surface area contributed by atoms with E-state index in [-0.39, 0.29) is 12.5 Å². The summed E-state index contributed by atoms with van der Waals surface area (Å²) in [7, 11) is 0. The van der Waals surface area contributed by atoms with E-state index in [0.717, 1.165) is 12.8 Å². The van der Waals surface area contributed by atoms with Crippen LogP contribution in [0.3, 0.4) is 0 Å². The number of aliphatic hydroxyl groups is 1. The van der Waals surface area contributed by atoms with Crippen molar-refractivity contribution in [3.8, 4) is 0 Å². The van der Waals surface area contributed by atoms with Gasteiger partial charge in [0.05, 0.1) is 12.5 Å². The molecular weight excluding hydrogens is 168 g/mol. The number of hydrogen-bond donors (Lipinski definition) is 2. The summed E-state index contributed by atoms with van der Waals surface area (Å²) < 4.78 is 0. The molecule has 2 bridgehead atoms. The highest BCUT2D eigenvalue weighted by Crippen LogP contribution is 2.49. The smallest absolute Gasteiger partial charge is 0.307 e. The Kier molecular flexibility index (Phi) is 1.91. The van der Waals surface area contributed by atoms with Crippen LogP contribution in [0.15, 0.2) is 12.2 Å². The highest BCUT2D eigenvalue weighted by Gasteiger charge is 2.47. The molecule has 3 heteroatoms. The van der Waals surface area contributed by atoms with Crippen molar-refractivity contribution in [1.29, 1.82) is 0 Å². The molecule has 3 aliphatic carbocycles. The van der Waals surface area contributed by atoms with E-state index < -0.39 is 11.4 Å². The van der Waals surface area contributed by atoms with Crippen molar-refractivity contribution in [3.05, 3.63) is 12.2 Å². The van der Waals surface area contributed by atoms with Crippen molar-refractivity contribution < 1.29 is 15.0 Å². The summed E-state index contributed by atoms with van der Waals surface area (Å²) in [5.41, 5.74) is -0.458. The Morgan fingerprint density at radius 2 is 2.38 bits per heavy atom. The lowest BCUT2D eigenvalue weighted by Crippen LogP contribution is -2.45. The van der Waals surface area contributed by atoms with E-state index in [1.807, 2.05) is 6.08 Å². The zero-order chi connectivity index (χ0) is 9.47. The Balaban J connectivity index is 2.32. The number of carboxylic acid groups (broad SMARTS) is 1. The fourth-order valence-electron chi connectivity index (χ4n) is 2.57. The maximum atomic E-state index is 11.0. The van der Waals surface area contributed by atoms with Crippen molar-refractivity contribution in [2.75, 3.05) is 6.61 Å². The van der Waals surface area contributed by atoms with Gasteiger partial charge in [-0.25, -0.2) is 0 Å². The molecule has 1 saturated carbocycles. The first-order valence-electron chi connectivity index (χ1n) is 4.71. The third kappa shape index (κ3) is 1.18.